The van der Waals surface area contributed by atoms with Gasteiger partial charge >= 0.3 is 12.0 Å². The Morgan fingerprint density at radius 3 is 2.50 bits per heavy atom. The summed E-state index contributed by atoms with van der Waals surface area (Å²) in [4.78, 5) is 22.9. The molecule has 0 fully saturated rings. The molecule has 1 aromatic rings. The summed E-state index contributed by atoms with van der Waals surface area (Å²) in [5.41, 5.74) is 1.17. The summed E-state index contributed by atoms with van der Waals surface area (Å²) in [6.45, 7) is 5.75. The maximum Gasteiger partial charge on any atom is 0.326 e. The van der Waals surface area contributed by atoms with Crippen LogP contribution in [-0.2, 0) is 11.2 Å². The van der Waals surface area contributed by atoms with Crippen molar-refractivity contribution in [1.82, 2.24) is 10.6 Å². The van der Waals surface area contributed by atoms with Crippen LogP contribution in [0.1, 0.15) is 32.8 Å². The Morgan fingerprint density at radius 2 is 2.00 bits per heavy atom. The Morgan fingerprint density at radius 1 is 1.30 bits per heavy atom. The van der Waals surface area contributed by atoms with Crippen molar-refractivity contribution in [1.29, 1.82) is 0 Å². The number of hydrogen-bond acceptors (Lipinski definition) is 3. The van der Waals surface area contributed by atoms with Crippen molar-refractivity contribution in [2.75, 3.05) is 0 Å². The molecule has 0 aliphatic rings. The lowest BCUT2D eigenvalue weighted by atomic mass is 10.0. The third-order valence-corrected chi connectivity index (χ3v) is 3.54. The molecule has 3 N–H and O–H groups in total. The summed E-state index contributed by atoms with van der Waals surface area (Å²) < 4.78 is 0. The molecule has 2 unspecified atom stereocenters. The number of rotatable bonds is 7. The van der Waals surface area contributed by atoms with Gasteiger partial charge in [-0.25, -0.2) is 9.59 Å². The molecule has 0 radical (unpaired) electrons. The largest absolute Gasteiger partial charge is 0.480 e. The second-order valence-corrected chi connectivity index (χ2v) is 6.15. The minimum atomic E-state index is -1.00. The highest BCUT2D eigenvalue weighted by Gasteiger charge is 2.21. The molecule has 0 aliphatic heterocycles. The predicted molar refractivity (Wildman–Crippen MR) is 80.0 cm³/mol. The van der Waals surface area contributed by atoms with Crippen molar-refractivity contribution >= 4 is 23.3 Å². The fourth-order valence-corrected chi connectivity index (χ4v) is 2.61. The molecule has 5 nitrogen and oxygen atoms in total. The first-order valence-corrected chi connectivity index (χ1v) is 7.63. The third kappa shape index (κ3) is 6.06. The van der Waals surface area contributed by atoms with Crippen LogP contribution < -0.4 is 10.6 Å². The first-order valence-electron chi connectivity index (χ1n) is 6.69. The number of amides is 2. The van der Waals surface area contributed by atoms with Crippen molar-refractivity contribution in [3.63, 3.8) is 0 Å². The lowest BCUT2D eigenvalue weighted by Crippen LogP contribution is -2.49. The molecule has 2 atom stereocenters. The number of hydrogen-bond donors (Lipinski definition) is 3. The molecule has 0 aliphatic carbocycles. The lowest BCUT2D eigenvalue weighted by molar-refractivity contribution is -0.139. The summed E-state index contributed by atoms with van der Waals surface area (Å²) in [5.74, 6) is -0.793. The van der Waals surface area contributed by atoms with Crippen LogP contribution in [0.15, 0.2) is 16.8 Å². The molecule has 2 amide bonds. The van der Waals surface area contributed by atoms with Gasteiger partial charge in [0.25, 0.3) is 0 Å². The van der Waals surface area contributed by atoms with Crippen LogP contribution in [0.5, 0.6) is 0 Å². The van der Waals surface area contributed by atoms with Crippen molar-refractivity contribution < 1.29 is 14.7 Å². The zero-order valence-corrected chi connectivity index (χ0v) is 12.9. The molecule has 1 aromatic heterocycles. The van der Waals surface area contributed by atoms with Crippen molar-refractivity contribution in [2.24, 2.45) is 5.92 Å². The van der Waals surface area contributed by atoms with E-state index >= 15 is 0 Å². The lowest BCUT2D eigenvalue weighted by Gasteiger charge is -2.19. The molecule has 0 aromatic carbocycles. The minimum absolute atomic E-state index is 0.0434. The zero-order chi connectivity index (χ0) is 15.1. The monoisotopic (exact) mass is 298 g/mol. The number of carbonyl (C=O) groups excluding carboxylic acids is 1. The number of carbonyl (C=O) groups is 2. The van der Waals surface area contributed by atoms with Gasteiger partial charge in [-0.15, -0.1) is 0 Å². The number of aliphatic carboxylic acids is 1. The third-order valence-electron chi connectivity index (χ3n) is 2.81. The molecule has 6 heteroatoms. The predicted octanol–water partition coefficient (Wildman–Crippen LogP) is 2.48. The van der Waals surface area contributed by atoms with E-state index in [0.717, 1.165) is 6.42 Å². The van der Waals surface area contributed by atoms with E-state index in [1.54, 1.807) is 11.3 Å². The van der Waals surface area contributed by atoms with E-state index in [2.05, 4.69) is 10.6 Å². The maximum absolute atomic E-state index is 11.8. The second-order valence-electron chi connectivity index (χ2n) is 5.37. The Hall–Kier alpha value is -1.56. The van der Waals surface area contributed by atoms with Crippen molar-refractivity contribution in [3.05, 3.63) is 22.4 Å². The first-order chi connectivity index (χ1) is 9.38. The molecule has 112 valence electrons. The van der Waals surface area contributed by atoms with Gasteiger partial charge in [-0.3, -0.25) is 0 Å². The molecule has 0 spiro atoms. The van der Waals surface area contributed by atoms with Crippen LogP contribution >= 0.6 is 11.3 Å². The topological polar surface area (TPSA) is 78.4 Å². The van der Waals surface area contributed by atoms with E-state index in [1.807, 2.05) is 37.6 Å². The number of thiophene rings is 1. The molecular formula is C14H22N2O3S. The Labute approximate surface area is 123 Å². The van der Waals surface area contributed by atoms with Crippen LogP contribution in [-0.4, -0.2) is 29.2 Å². The summed E-state index contributed by atoms with van der Waals surface area (Å²) in [7, 11) is 0. The average molecular weight is 298 g/mol. The summed E-state index contributed by atoms with van der Waals surface area (Å²) >= 11 is 1.62. The molecule has 1 heterocycles. The summed E-state index contributed by atoms with van der Waals surface area (Å²) in [6.07, 6.45) is 1.15. The Kier molecular flexibility index (Phi) is 6.51. The van der Waals surface area contributed by atoms with Gasteiger partial charge in [0.05, 0.1) is 0 Å². The van der Waals surface area contributed by atoms with Crippen molar-refractivity contribution in [3.8, 4) is 0 Å². The summed E-state index contributed by atoms with van der Waals surface area (Å²) in [6, 6.07) is 0.696. The van der Waals surface area contributed by atoms with E-state index in [-0.39, 0.29) is 12.0 Å². The number of urea groups is 1. The molecular weight excluding hydrogens is 276 g/mol. The van der Waals surface area contributed by atoms with Crippen molar-refractivity contribution in [2.45, 2.75) is 45.7 Å². The van der Waals surface area contributed by atoms with E-state index in [1.165, 1.54) is 5.56 Å². The fourth-order valence-electron chi connectivity index (χ4n) is 1.93. The molecule has 0 saturated heterocycles. The second kappa shape index (κ2) is 7.89. The molecule has 0 saturated carbocycles. The summed E-state index contributed by atoms with van der Waals surface area (Å²) in [5, 5.41) is 18.4. The normalized spacial score (nSPS) is 13.8. The number of carboxylic acids is 1. The minimum Gasteiger partial charge on any atom is -0.480 e. The number of nitrogens with one attached hydrogen (secondary N) is 2. The zero-order valence-electron chi connectivity index (χ0n) is 12.1. The molecule has 1 rings (SSSR count). The fraction of sp³-hybridized carbons (Fsp3) is 0.571. The van der Waals surface area contributed by atoms with Crippen LogP contribution in [0.2, 0.25) is 0 Å². The van der Waals surface area contributed by atoms with E-state index in [9.17, 15) is 9.59 Å². The van der Waals surface area contributed by atoms with Crippen LogP contribution in [0.4, 0.5) is 4.79 Å². The van der Waals surface area contributed by atoms with E-state index in [0.29, 0.717) is 6.42 Å². The van der Waals surface area contributed by atoms with E-state index < -0.39 is 18.0 Å². The highest BCUT2D eigenvalue weighted by molar-refractivity contribution is 7.07. The molecule has 0 bridgehead atoms. The Bertz CT molecular complexity index is 432. The van der Waals surface area contributed by atoms with Crippen LogP contribution in [0.3, 0.4) is 0 Å². The van der Waals surface area contributed by atoms with Gasteiger partial charge in [-0.2, -0.15) is 11.3 Å². The maximum atomic E-state index is 11.8. The van der Waals surface area contributed by atoms with Crippen LogP contribution in [0, 0.1) is 5.92 Å². The van der Waals surface area contributed by atoms with Gasteiger partial charge in [0, 0.05) is 6.04 Å². The van der Waals surface area contributed by atoms with Crippen LogP contribution in [0.25, 0.3) is 0 Å². The smallest absolute Gasteiger partial charge is 0.326 e. The van der Waals surface area contributed by atoms with E-state index in [4.69, 9.17) is 5.11 Å². The highest BCUT2D eigenvalue weighted by atomic mass is 32.1. The van der Waals surface area contributed by atoms with Gasteiger partial charge < -0.3 is 15.7 Å². The number of carboxylic acid groups (broad SMARTS) is 1. The Balaban J connectivity index is 2.42. The van der Waals surface area contributed by atoms with Gasteiger partial charge in [-0.05, 0) is 48.1 Å². The SMILES string of the molecule is CC(C)CC(NC(=O)NC(C)Cc1ccsc1)C(=O)O. The molecule has 20 heavy (non-hydrogen) atoms. The van der Waals surface area contributed by atoms with Gasteiger partial charge in [0.1, 0.15) is 6.04 Å². The van der Waals surface area contributed by atoms with Gasteiger partial charge in [0.2, 0.25) is 0 Å². The highest BCUT2D eigenvalue weighted by Crippen LogP contribution is 2.09. The van der Waals surface area contributed by atoms with Gasteiger partial charge in [0.15, 0.2) is 0 Å². The quantitative estimate of drug-likeness (QED) is 0.723. The average Bonchev–Trinajstić information content (AvgIpc) is 2.79. The first kappa shape index (κ1) is 16.5. The standard InChI is InChI=1S/C14H22N2O3S/c1-9(2)6-12(13(17)18)16-14(19)15-10(3)7-11-4-5-20-8-11/h4-5,8-10,12H,6-7H2,1-3H3,(H,17,18)(H2,15,16,19). The van der Waals surface area contributed by atoms with Gasteiger partial charge in [-0.1, -0.05) is 13.8 Å².